The number of amides is 1. The van der Waals surface area contributed by atoms with Crippen molar-refractivity contribution in [3.05, 3.63) is 29.8 Å². The molecule has 0 N–H and O–H groups in total. The lowest BCUT2D eigenvalue weighted by Gasteiger charge is -2.26. The number of esters is 1. The standard InChI is InChI=1S/C20H32N2O4/c1-5-21(6-2)14-15-22(13-12-20(24)26-7-3)19(23)16-17-8-10-18(25-4)11-9-17/h8-11H,5-7,12-16H2,1-4H3. The number of hydrogen-bond acceptors (Lipinski definition) is 5. The number of hydrogen-bond donors (Lipinski definition) is 0. The Balaban J connectivity index is 2.69. The molecule has 0 bridgehead atoms. The van der Waals surface area contributed by atoms with Gasteiger partial charge < -0.3 is 19.3 Å². The highest BCUT2D eigenvalue weighted by atomic mass is 16.5. The van der Waals surface area contributed by atoms with Crippen molar-refractivity contribution >= 4 is 11.9 Å². The molecule has 0 atom stereocenters. The van der Waals surface area contributed by atoms with Crippen LogP contribution in [0.15, 0.2) is 24.3 Å². The molecule has 0 spiro atoms. The average Bonchev–Trinajstić information content (AvgIpc) is 2.65. The van der Waals surface area contributed by atoms with Crippen molar-refractivity contribution < 1.29 is 19.1 Å². The van der Waals surface area contributed by atoms with E-state index in [-0.39, 0.29) is 18.3 Å². The van der Waals surface area contributed by atoms with Crippen molar-refractivity contribution in [1.82, 2.24) is 9.80 Å². The first-order chi connectivity index (χ1) is 12.5. The van der Waals surface area contributed by atoms with Crippen LogP contribution >= 0.6 is 0 Å². The molecule has 0 radical (unpaired) electrons. The molecule has 26 heavy (non-hydrogen) atoms. The van der Waals surface area contributed by atoms with Gasteiger partial charge in [0.2, 0.25) is 5.91 Å². The molecule has 1 aromatic rings. The maximum Gasteiger partial charge on any atom is 0.307 e. The fourth-order valence-electron chi connectivity index (χ4n) is 2.65. The normalized spacial score (nSPS) is 10.7. The third-order valence-electron chi connectivity index (χ3n) is 4.34. The van der Waals surface area contributed by atoms with E-state index in [0.717, 1.165) is 30.9 Å². The number of ether oxygens (including phenoxy) is 2. The van der Waals surface area contributed by atoms with Crippen LogP contribution in [0.2, 0.25) is 0 Å². The van der Waals surface area contributed by atoms with Gasteiger partial charge in [-0.2, -0.15) is 0 Å². The molecule has 0 saturated heterocycles. The number of rotatable bonds is 12. The minimum Gasteiger partial charge on any atom is -0.497 e. The predicted molar refractivity (Wildman–Crippen MR) is 102 cm³/mol. The first-order valence-corrected chi connectivity index (χ1v) is 9.32. The number of carbonyl (C=O) groups is 2. The molecule has 146 valence electrons. The molecule has 0 unspecified atom stereocenters. The summed E-state index contributed by atoms with van der Waals surface area (Å²) in [4.78, 5) is 28.4. The molecule has 0 fully saturated rings. The zero-order valence-corrected chi connectivity index (χ0v) is 16.5. The van der Waals surface area contributed by atoms with Gasteiger partial charge in [-0.1, -0.05) is 26.0 Å². The Morgan fingerprint density at radius 3 is 2.15 bits per heavy atom. The van der Waals surface area contributed by atoms with Crippen LogP contribution < -0.4 is 4.74 Å². The Bertz CT molecular complexity index is 541. The monoisotopic (exact) mass is 364 g/mol. The number of benzene rings is 1. The molecule has 0 heterocycles. The van der Waals surface area contributed by atoms with Crippen molar-refractivity contribution in [1.29, 1.82) is 0 Å². The molecule has 0 saturated carbocycles. The minimum atomic E-state index is -0.266. The maximum atomic E-state index is 12.8. The topological polar surface area (TPSA) is 59.1 Å². The molecular weight excluding hydrogens is 332 g/mol. The lowest BCUT2D eigenvalue weighted by Crippen LogP contribution is -2.40. The average molecular weight is 364 g/mol. The molecule has 6 heteroatoms. The Morgan fingerprint density at radius 2 is 1.62 bits per heavy atom. The van der Waals surface area contributed by atoms with E-state index in [1.165, 1.54) is 0 Å². The van der Waals surface area contributed by atoms with Gasteiger partial charge in [0.25, 0.3) is 0 Å². The zero-order chi connectivity index (χ0) is 19.4. The van der Waals surface area contributed by atoms with Crippen molar-refractivity contribution in [2.24, 2.45) is 0 Å². The van der Waals surface area contributed by atoms with Gasteiger partial charge in [0.1, 0.15) is 5.75 Å². The fraction of sp³-hybridized carbons (Fsp3) is 0.600. The molecule has 6 nitrogen and oxygen atoms in total. The first kappa shape index (κ1) is 22.0. The van der Waals surface area contributed by atoms with Crippen LogP contribution in [0, 0.1) is 0 Å². The minimum absolute atomic E-state index is 0.0200. The van der Waals surface area contributed by atoms with Gasteiger partial charge in [-0.3, -0.25) is 9.59 Å². The summed E-state index contributed by atoms with van der Waals surface area (Å²) >= 11 is 0. The maximum absolute atomic E-state index is 12.8. The van der Waals surface area contributed by atoms with Crippen LogP contribution in [0.4, 0.5) is 0 Å². The Labute approximate surface area is 157 Å². The van der Waals surface area contributed by atoms with Gasteiger partial charge in [-0.25, -0.2) is 0 Å². The second kappa shape index (κ2) is 12.3. The van der Waals surface area contributed by atoms with E-state index in [1.807, 2.05) is 24.3 Å². The number of methoxy groups -OCH3 is 1. The van der Waals surface area contributed by atoms with Gasteiger partial charge in [-0.05, 0) is 37.7 Å². The van der Waals surface area contributed by atoms with E-state index < -0.39 is 0 Å². The Morgan fingerprint density at radius 1 is 0.962 bits per heavy atom. The second-order valence-electron chi connectivity index (χ2n) is 5.99. The molecule has 1 amide bonds. The molecular formula is C20H32N2O4. The van der Waals surface area contributed by atoms with Crippen molar-refractivity contribution in [2.45, 2.75) is 33.6 Å². The van der Waals surface area contributed by atoms with Gasteiger partial charge in [-0.15, -0.1) is 0 Å². The summed E-state index contributed by atoms with van der Waals surface area (Å²) in [6, 6.07) is 7.48. The summed E-state index contributed by atoms with van der Waals surface area (Å²) in [6.07, 6.45) is 0.533. The van der Waals surface area contributed by atoms with Gasteiger partial charge >= 0.3 is 5.97 Å². The highest BCUT2D eigenvalue weighted by molar-refractivity contribution is 5.79. The number of likely N-dealkylation sites (N-methyl/N-ethyl adjacent to an activating group) is 1. The van der Waals surface area contributed by atoms with Crippen molar-refractivity contribution in [2.75, 3.05) is 46.4 Å². The van der Waals surface area contributed by atoms with Gasteiger partial charge in [0.15, 0.2) is 0 Å². The van der Waals surface area contributed by atoms with Crippen molar-refractivity contribution in [3.63, 3.8) is 0 Å². The van der Waals surface area contributed by atoms with Crippen LogP contribution in [0.3, 0.4) is 0 Å². The number of carbonyl (C=O) groups excluding carboxylic acids is 2. The molecule has 0 aliphatic rings. The zero-order valence-electron chi connectivity index (χ0n) is 16.5. The summed E-state index contributed by atoms with van der Waals surface area (Å²) in [5.41, 5.74) is 0.930. The predicted octanol–water partition coefficient (Wildman–Crippen LogP) is 2.36. The Kier molecular flexibility index (Phi) is 10.4. The van der Waals surface area contributed by atoms with E-state index in [2.05, 4.69) is 18.7 Å². The van der Waals surface area contributed by atoms with Gasteiger partial charge in [0.05, 0.1) is 26.6 Å². The van der Waals surface area contributed by atoms with E-state index in [1.54, 1.807) is 18.9 Å². The van der Waals surface area contributed by atoms with E-state index in [0.29, 0.717) is 26.1 Å². The molecule has 0 aliphatic heterocycles. The lowest BCUT2D eigenvalue weighted by molar-refractivity contribution is -0.144. The largest absolute Gasteiger partial charge is 0.497 e. The molecule has 1 aromatic carbocycles. The highest BCUT2D eigenvalue weighted by Crippen LogP contribution is 2.12. The molecule has 1 rings (SSSR count). The van der Waals surface area contributed by atoms with E-state index >= 15 is 0 Å². The third kappa shape index (κ3) is 7.87. The Hall–Kier alpha value is -2.08. The summed E-state index contributed by atoms with van der Waals surface area (Å²) < 4.78 is 10.1. The van der Waals surface area contributed by atoms with E-state index in [4.69, 9.17) is 9.47 Å². The van der Waals surface area contributed by atoms with Crippen LogP contribution in [0.1, 0.15) is 32.8 Å². The smallest absolute Gasteiger partial charge is 0.307 e. The first-order valence-electron chi connectivity index (χ1n) is 9.32. The summed E-state index contributed by atoms with van der Waals surface area (Å²) in [6.45, 7) is 10.0. The van der Waals surface area contributed by atoms with Crippen LogP contribution in [0.25, 0.3) is 0 Å². The summed E-state index contributed by atoms with van der Waals surface area (Å²) in [7, 11) is 1.62. The SMILES string of the molecule is CCOC(=O)CCN(CCN(CC)CC)C(=O)Cc1ccc(OC)cc1. The highest BCUT2D eigenvalue weighted by Gasteiger charge is 2.17. The second-order valence-corrected chi connectivity index (χ2v) is 5.99. The van der Waals surface area contributed by atoms with Crippen LogP contribution in [-0.2, 0) is 20.7 Å². The summed E-state index contributed by atoms with van der Waals surface area (Å²) in [5, 5.41) is 0. The van der Waals surface area contributed by atoms with Crippen LogP contribution in [0.5, 0.6) is 5.75 Å². The van der Waals surface area contributed by atoms with Gasteiger partial charge in [0, 0.05) is 19.6 Å². The van der Waals surface area contributed by atoms with Crippen molar-refractivity contribution in [3.8, 4) is 5.75 Å². The summed E-state index contributed by atoms with van der Waals surface area (Å²) in [5.74, 6) is 0.520. The fourth-order valence-corrected chi connectivity index (χ4v) is 2.65. The third-order valence-corrected chi connectivity index (χ3v) is 4.34. The molecule has 0 aromatic heterocycles. The lowest BCUT2D eigenvalue weighted by atomic mass is 10.1. The molecule has 0 aliphatic carbocycles. The quantitative estimate of drug-likeness (QED) is 0.533. The van der Waals surface area contributed by atoms with Crippen LogP contribution in [-0.4, -0.2) is 68.1 Å². The van der Waals surface area contributed by atoms with E-state index in [9.17, 15) is 9.59 Å². The number of nitrogens with zero attached hydrogens (tertiary/aromatic N) is 2.